The molecule has 2 aliphatic rings. The van der Waals surface area contributed by atoms with Gasteiger partial charge in [0.05, 0.1) is 30.4 Å². The van der Waals surface area contributed by atoms with Crippen molar-refractivity contribution in [3.8, 4) is 6.07 Å². The van der Waals surface area contributed by atoms with E-state index >= 15 is 0 Å². The SMILES string of the molecule is Cc1ccc(C#N)cc1C1(O)CC2COCC(C1)N2C. The number of hydrogen-bond acceptors (Lipinski definition) is 4. The molecule has 20 heavy (non-hydrogen) atoms. The van der Waals surface area contributed by atoms with Crippen LogP contribution in [0, 0.1) is 18.3 Å². The van der Waals surface area contributed by atoms with E-state index in [4.69, 9.17) is 10.00 Å². The Morgan fingerprint density at radius 3 is 2.60 bits per heavy atom. The van der Waals surface area contributed by atoms with E-state index in [0.717, 1.165) is 11.1 Å². The average Bonchev–Trinajstić information content (AvgIpc) is 2.41. The molecule has 2 fully saturated rings. The van der Waals surface area contributed by atoms with Crippen LogP contribution in [0.2, 0.25) is 0 Å². The van der Waals surface area contributed by atoms with Gasteiger partial charge in [0.15, 0.2) is 0 Å². The molecule has 2 saturated heterocycles. The second-order valence-electron chi connectivity index (χ2n) is 6.09. The summed E-state index contributed by atoms with van der Waals surface area (Å²) in [6.45, 7) is 3.34. The third kappa shape index (κ3) is 2.12. The van der Waals surface area contributed by atoms with Crippen LogP contribution in [-0.2, 0) is 10.3 Å². The molecule has 0 spiro atoms. The minimum absolute atomic E-state index is 0.248. The van der Waals surface area contributed by atoms with Crippen LogP contribution in [0.1, 0.15) is 29.5 Å². The van der Waals surface area contributed by atoms with Crippen LogP contribution in [0.25, 0.3) is 0 Å². The van der Waals surface area contributed by atoms with E-state index in [1.807, 2.05) is 19.1 Å². The van der Waals surface area contributed by atoms with Gasteiger partial charge in [-0.15, -0.1) is 0 Å². The standard InChI is InChI=1S/C16H20N2O2/c1-11-3-4-12(8-17)5-15(11)16(19)6-13-9-20-10-14(7-16)18(13)2/h3-5,13-14,19H,6-7,9-10H2,1-2H3. The van der Waals surface area contributed by atoms with Crippen LogP contribution >= 0.6 is 0 Å². The highest BCUT2D eigenvalue weighted by molar-refractivity contribution is 5.41. The lowest BCUT2D eigenvalue weighted by molar-refractivity contribution is -0.138. The number of hydrogen-bond donors (Lipinski definition) is 1. The summed E-state index contributed by atoms with van der Waals surface area (Å²) in [5.74, 6) is 0. The number of likely N-dealkylation sites (N-methyl/N-ethyl adjacent to an activating group) is 1. The van der Waals surface area contributed by atoms with Gasteiger partial charge in [0, 0.05) is 12.1 Å². The molecule has 1 N–H and O–H groups in total. The highest BCUT2D eigenvalue weighted by Crippen LogP contribution is 2.41. The van der Waals surface area contributed by atoms with Gasteiger partial charge in [-0.05, 0) is 50.1 Å². The van der Waals surface area contributed by atoms with Gasteiger partial charge >= 0.3 is 0 Å². The number of fused-ring (bicyclic) bond motifs is 2. The van der Waals surface area contributed by atoms with Crippen LogP contribution in [0.15, 0.2) is 18.2 Å². The van der Waals surface area contributed by atoms with Gasteiger partial charge in [-0.1, -0.05) is 6.07 Å². The minimum Gasteiger partial charge on any atom is -0.385 e. The highest BCUT2D eigenvalue weighted by atomic mass is 16.5. The number of aliphatic hydroxyl groups is 1. The Morgan fingerprint density at radius 2 is 2.00 bits per heavy atom. The molecule has 2 heterocycles. The molecule has 0 saturated carbocycles. The molecule has 2 atom stereocenters. The number of ether oxygens (including phenoxy) is 1. The Hall–Kier alpha value is -1.41. The molecule has 3 rings (SSSR count). The first kappa shape index (κ1) is 13.6. The zero-order valence-electron chi connectivity index (χ0n) is 12.0. The fourth-order valence-electron chi connectivity index (χ4n) is 3.55. The third-order valence-corrected chi connectivity index (χ3v) is 4.79. The third-order valence-electron chi connectivity index (χ3n) is 4.79. The molecular weight excluding hydrogens is 252 g/mol. The summed E-state index contributed by atoms with van der Waals surface area (Å²) in [6.07, 6.45) is 1.32. The number of morpholine rings is 1. The molecule has 0 radical (unpaired) electrons. The lowest BCUT2D eigenvalue weighted by Gasteiger charge is -2.50. The summed E-state index contributed by atoms with van der Waals surface area (Å²) in [7, 11) is 2.11. The van der Waals surface area contributed by atoms with Crippen molar-refractivity contribution >= 4 is 0 Å². The lowest BCUT2D eigenvalue weighted by Crippen LogP contribution is -2.59. The Bertz CT molecular complexity index is 550. The maximum Gasteiger partial charge on any atom is 0.0991 e. The van der Waals surface area contributed by atoms with Crippen LogP contribution in [0.3, 0.4) is 0 Å². The van der Waals surface area contributed by atoms with E-state index in [2.05, 4.69) is 18.0 Å². The van der Waals surface area contributed by atoms with E-state index < -0.39 is 5.60 Å². The summed E-state index contributed by atoms with van der Waals surface area (Å²) in [5.41, 5.74) is 1.72. The molecule has 4 nitrogen and oxygen atoms in total. The van der Waals surface area contributed by atoms with Crippen molar-refractivity contribution in [2.45, 2.75) is 37.5 Å². The molecule has 2 unspecified atom stereocenters. The number of nitriles is 1. The molecular formula is C16H20N2O2. The largest absolute Gasteiger partial charge is 0.385 e. The van der Waals surface area contributed by atoms with Crippen LogP contribution < -0.4 is 0 Å². The minimum atomic E-state index is -0.845. The fourth-order valence-corrected chi connectivity index (χ4v) is 3.55. The van der Waals surface area contributed by atoms with Gasteiger partial charge in [0.1, 0.15) is 0 Å². The van der Waals surface area contributed by atoms with E-state index in [9.17, 15) is 5.11 Å². The number of nitrogens with zero attached hydrogens (tertiary/aromatic N) is 2. The second kappa shape index (κ2) is 4.85. The van der Waals surface area contributed by atoms with Crippen molar-refractivity contribution in [3.63, 3.8) is 0 Å². The Morgan fingerprint density at radius 1 is 1.35 bits per heavy atom. The Kier molecular flexibility index (Phi) is 3.29. The van der Waals surface area contributed by atoms with Crippen molar-refractivity contribution in [2.24, 2.45) is 0 Å². The molecule has 0 aliphatic carbocycles. The smallest absolute Gasteiger partial charge is 0.0991 e. The molecule has 2 bridgehead atoms. The van der Waals surface area contributed by atoms with Crippen molar-refractivity contribution < 1.29 is 9.84 Å². The first-order valence-corrected chi connectivity index (χ1v) is 7.07. The Labute approximate surface area is 119 Å². The zero-order valence-corrected chi connectivity index (χ0v) is 12.0. The van der Waals surface area contributed by atoms with E-state index in [-0.39, 0.29) is 12.1 Å². The van der Waals surface area contributed by atoms with Crippen molar-refractivity contribution in [3.05, 3.63) is 34.9 Å². The number of rotatable bonds is 1. The van der Waals surface area contributed by atoms with Crippen LogP contribution in [-0.4, -0.2) is 42.4 Å². The zero-order chi connectivity index (χ0) is 14.3. The van der Waals surface area contributed by atoms with Gasteiger partial charge in [-0.25, -0.2) is 0 Å². The number of piperidine rings is 1. The predicted molar refractivity (Wildman–Crippen MR) is 75.2 cm³/mol. The monoisotopic (exact) mass is 272 g/mol. The summed E-state index contributed by atoms with van der Waals surface area (Å²) >= 11 is 0. The van der Waals surface area contributed by atoms with Crippen molar-refractivity contribution in [1.29, 1.82) is 5.26 Å². The van der Waals surface area contributed by atoms with Gasteiger partial charge in [0.2, 0.25) is 0 Å². The normalized spacial score (nSPS) is 33.7. The van der Waals surface area contributed by atoms with Gasteiger partial charge < -0.3 is 9.84 Å². The quantitative estimate of drug-likeness (QED) is 0.842. The highest BCUT2D eigenvalue weighted by Gasteiger charge is 2.46. The second-order valence-corrected chi connectivity index (χ2v) is 6.09. The molecule has 2 aliphatic heterocycles. The summed E-state index contributed by atoms with van der Waals surface area (Å²) in [6, 6.07) is 8.24. The molecule has 1 aromatic carbocycles. The van der Waals surface area contributed by atoms with Gasteiger partial charge in [-0.3, -0.25) is 4.90 Å². The molecule has 0 aromatic heterocycles. The van der Waals surface area contributed by atoms with Crippen LogP contribution in [0.5, 0.6) is 0 Å². The fraction of sp³-hybridized carbons (Fsp3) is 0.562. The number of aryl methyl sites for hydroxylation is 1. The lowest BCUT2D eigenvalue weighted by atomic mass is 9.75. The van der Waals surface area contributed by atoms with E-state index in [1.54, 1.807) is 6.07 Å². The van der Waals surface area contributed by atoms with Gasteiger partial charge in [0.25, 0.3) is 0 Å². The van der Waals surface area contributed by atoms with Gasteiger partial charge in [-0.2, -0.15) is 5.26 Å². The molecule has 4 heteroatoms. The maximum absolute atomic E-state index is 11.2. The average molecular weight is 272 g/mol. The first-order valence-electron chi connectivity index (χ1n) is 7.07. The number of benzene rings is 1. The van der Waals surface area contributed by atoms with Crippen LogP contribution in [0.4, 0.5) is 0 Å². The summed E-state index contributed by atoms with van der Waals surface area (Å²) < 4.78 is 5.61. The summed E-state index contributed by atoms with van der Waals surface area (Å²) in [5, 5.41) is 20.3. The van der Waals surface area contributed by atoms with E-state index in [1.165, 1.54) is 0 Å². The molecule has 106 valence electrons. The van der Waals surface area contributed by atoms with Crippen molar-refractivity contribution in [2.75, 3.05) is 20.3 Å². The molecule has 0 amide bonds. The predicted octanol–water partition coefficient (Wildman–Crippen LogP) is 1.55. The summed E-state index contributed by atoms with van der Waals surface area (Å²) in [4.78, 5) is 2.32. The first-order chi connectivity index (χ1) is 9.53. The maximum atomic E-state index is 11.2. The Balaban J connectivity index is 1.99. The van der Waals surface area contributed by atoms with E-state index in [0.29, 0.717) is 31.6 Å². The molecule has 1 aromatic rings. The van der Waals surface area contributed by atoms with Crippen molar-refractivity contribution in [1.82, 2.24) is 4.90 Å². The topological polar surface area (TPSA) is 56.5 Å².